The van der Waals surface area contributed by atoms with E-state index >= 15 is 0 Å². The Bertz CT molecular complexity index is 2990. The van der Waals surface area contributed by atoms with Gasteiger partial charge in [-0.15, -0.1) is 0 Å². The predicted octanol–water partition coefficient (Wildman–Crippen LogP) is 13.3. The Hall–Kier alpha value is -7.30. The molecule has 10 aromatic rings. The Morgan fingerprint density at radius 1 is 0.268 bits per heavy atom. The quantitative estimate of drug-likeness (QED) is 0.161. The highest BCUT2D eigenvalue weighted by Crippen LogP contribution is 2.40. The van der Waals surface area contributed by atoms with E-state index in [9.17, 15) is 0 Å². The number of benzene rings is 8. The number of hydrogen-bond donors (Lipinski definition) is 0. The molecule has 0 amide bonds. The number of fused-ring (bicyclic) bond motifs is 6. The van der Waals surface area contributed by atoms with Crippen molar-refractivity contribution in [2.75, 3.05) is 0 Å². The second-order valence-corrected chi connectivity index (χ2v) is 14.4. The summed E-state index contributed by atoms with van der Waals surface area (Å²) >= 11 is 0. The van der Waals surface area contributed by atoms with Crippen LogP contribution in [0.4, 0.5) is 0 Å². The summed E-state index contributed by atoms with van der Waals surface area (Å²) in [5.41, 5.74) is 12.0. The standard InChI is InChI=1S/C52H36N4/c1-33-26-49(54-34(2)53-33)39-19-13-18-37(27-39)40-28-41(38-24-25-47-45-22-10-9-20-43(45)44-21-11-12-23-46(44)48(47)31-38)30-42(29-40)52-55-50(35-14-5-3-6-15-35)32-51(56-52)36-16-7-4-8-17-36/h3-32H,1-2H3. The normalized spacial score (nSPS) is 11.4. The minimum atomic E-state index is 0.670. The van der Waals surface area contributed by atoms with Crippen LogP contribution in [-0.4, -0.2) is 19.9 Å². The maximum atomic E-state index is 5.25. The van der Waals surface area contributed by atoms with Gasteiger partial charge >= 0.3 is 0 Å². The van der Waals surface area contributed by atoms with E-state index in [-0.39, 0.29) is 0 Å². The molecule has 8 aromatic carbocycles. The van der Waals surface area contributed by atoms with Crippen LogP contribution >= 0.6 is 0 Å². The number of rotatable bonds is 6. The first-order valence-electron chi connectivity index (χ1n) is 19.0. The lowest BCUT2D eigenvalue weighted by Crippen LogP contribution is -1.97. The third-order valence-electron chi connectivity index (χ3n) is 10.6. The SMILES string of the molecule is Cc1cc(-c2cccc(-c3cc(-c4ccc5c6ccccc6c6ccccc6c5c4)cc(-c4nc(-c5ccccc5)cc(-c5ccccc5)n4)c3)c2)nc(C)n1. The summed E-state index contributed by atoms with van der Waals surface area (Å²) < 4.78 is 0. The lowest BCUT2D eigenvalue weighted by molar-refractivity contribution is 1.02. The van der Waals surface area contributed by atoms with Gasteiger partial charge in [0, 0.05) is 27.9 Å². The average molecular weight is 717 g/mol. The molecular weight excluding hydrogens is 681 g/mol. The van der Waals surface area contributed by atoms with Crippen molar-refractivity contribution in [2.24, 2.45) is 0 Å². The molecule has 0 aliphatic carbocycles. The highest BCUT2D eigenvalue weighted by Gasteiger charge is 2.16. The fourth-order valence-electron chi connectivity index (χ4n) is 7.99. The van der Waals surface area contributed by atoms with Gasteiger partial charge in [0.1, 0.15) is 5.82 Å². The van der Waals surface area contributed by atoms with Crippen molar-refractivity contribution >= 4 is 32.3 Å². The summed E-state index contributed by atoms with van der Waals surface area (Å²) in [7, 11) is 0. The van der Waals surface area contributed by atoms with Gasteiger partial charge in [-0.3, -0.25) is 0 Å². The molecule has 0 bridgehead atoms. The van der Waals surface area contributed by atoms with Crippen LogP contribution in [0.3, 0.4) is 0 Å². The Labute approximate surface area is 325 Å². The lowest BCUT2D eigenvalue weighted by atomic mass is 9.90. The summed E-state index contributed by atoms with van der Waals surface area (Å²) in [5.74, 6) is 1.43. The van der Waals surface area contributed by atoms with Crippen LogP contribution in [0.15, 0.2) is 182 Å². The van der Waals surface area contributed by atoms with Crippen LogP contribution in [0.1, 0.15) is 11.5 Å². The van der Waals surface area contributed by atoms with Gasteiger partial charge in [-0.25, -0.2) is 19.9 Å². The van der Waals surface area contributed by atoms with E-state index in [2.05, 4.69) is 169 Å². The van der Waals surface area contributed by atoms with Gasteiger partial charge in [-0.05, 0) is 111 Å². The second-order valence-electron chi connectivity index (χ2n) is 14.4. The zero-order valence-electron chi connectivity index (χ0n) is 31.1. The second kappa shape index (κ2) is 13.8. The molecule has 0 aliphatic rings. The van der Waals surface area contributed by atoms with Gasteiger partial charge in [0.2, 0.25) is 0 Å². The van der Waals surface area contributed by atoms with Crippen LogP contribution in [0.25, 0.3) is 99.7 Å². The zero-order chi connectivity index (χ0) is 37.6. The zero-order valence-corrected chi connectivity index (χ0v) is 31.1. The number of nitrogens with zero attached hydrogens (tertiary/aromatic N) is 4. The van der Waals surface area contributed by atoms with E-state index in [4.69, 9.17) is 15.0 Å². The van der Waals surface area contributed by atoms with Crippen molar-refractivity contribution < 1.29 is 0 Å². The Balaban J connectivity index is 1.21. The van der Waals surface area contributed by atoms with Crippen molar-refractivity contribution in [2.45, 2.75) is 13.8 Å². The summed E-state index contributed by atoms with van der Waals surface area (Å²) in [6.07, 6.45) is 0. The van der Waals surface area contributed by atoms with Crippen LogP contribution in [0.5, 0.6) is 0 Å². The highest BCUT2D eigenvalue weighted by molar-refractivity contribution is 6.25. The van der Waals surface area contributed by atoms with E-state index in [0.29, 0.717) is 5.82 Å². The third-order valence-corrected chi connectivity index (χ3v) is 10.6. The molecule has 10 rings (SSSR count). The van der Waals surface area contributed by atoms with Crippen molar-refractivity contribution in [3.63, 3.8) is 0 Å². The first-order valence-corrected chi connectivity index (χ1v) is 19.0. The summed E-state index contributed by atoms with van der Waals surface area (Å²) in [4.78, 5) is 19.8. The molecule has 0 unspecified atom stereocenters. The smallest absolute Gasteiger partial charge is 0.160 e. The largest absolute Gasteiger partial charge is 0.239 e. The Morgan fingerprint density at radius 2 is 0.714 bits per heavy atom. The fourth-order valence-corrected chi connectivity index (χ4v) is 7.99. The molecule has 0 radical (unpaired) electrons. The van der Waals surface area contributed by atoms with Crippen LogP contribution in [0.2, 0.25) is 0 Å². The molecule has 0 fully saturated rings. The minimum Gasteiger partial charge on any atom is -0.239 e. The van der Waals surface area contributed by atoms with Gasteiger partial charge in [-0.2, -0.15) is 0 Å². The molecule has 0 atom stereocenters. The Kier molecular flexibility index (Phi) is 8.23. The fraction of sp³-hybridized carbons (Fsp3) is 0.0385. The number of hydrogen-bond acceptors (Lipinski definition) is 4. The van der Waals surface area contributed by atoms with E-state index in [1.54, 1.807) is 0 Å². The predicted molar refractivity (Wildman–Crippen MR) is 232 cm³/mol. The van der Waals surface area contributed by atoms with Crippen LogP contribution in [-0.2, 0) is 0 Å². The van der Waals surface area contributed by atoms with E-state index in [1.165, 1.54) is 32.3 Å². The summed E-state index contributed by atoms with van der Waals surface area (Å²) in [6, 6.07) is 64.6. The van der Waals surface area contributed by atoms with Gasteiger partial charge in [0.25, 0.3) is 0 Å². The molecule has 0 aliphatic heterocycles. The van der Waals surface area contributed by atoms with E-state index in [0.717, 1.165) is 73.1 Å². The summed E-state index contributed by atoms with van der Waals surface area (Å²) in [5, 5.41) is 7.51. The molecular formula is C52H36N4. The van der Waals surface area contributed by atoms with E-state index < -0.39 is 0 Å². The summed E-state index contributed by atoms with van der Waals surface area (Å²) in [6.45, 7) is 3.96. The first kappa shape index (κ1) is 33.3. The molecule has 0 N–H and O–H groups in total. The first-order chi connectivity index (χ1) is 27.5. The maximum absolute atomic E-state index is 5.25. The van der Waals surface area contributed by atoms with Gasteiger partial charge in [0.05, 0.1) is 17.1 Å². The minimum absolute atomic E-state index is 0.670. The topological polar surface area (TPSA) is 51.6 Å². The molecule has 4 heteroatoms. The molecule has 264 valence electrons. The molecule has 2 aromatic heterocycles. The third kappa shape index (κ3) is 6.17. The van der Waals surface area contributed by atoms with Crippen LogP contribution < -0.4 is 0 Å². The van der Waals surface area contributed by atoms with E-state index in [1.807, 2.05) is 32.0 Å². The molecule has 4 nitrogen and oxygen atoms in total. The molecule has 0 saturated heterocycles. The average Bonchev–Trinajstić information content (AvgIpc) is 3.26. The van der Waals surface area contributed by atoms with Crippen molar-refractivity contribution in [3.05, 3.63) is 194 Å². The molecule has 56 heavy (non-hydrogen) atoms. The van der Waals surface area contributed by atoms with Crippen molar-refractivity contribution in [1.29, 1.82) is 0 Å². The Morgan fingerprint density at radius 3 is 1.30 bits per heavy atom. The van der Waals surface area contributed by atoms with Gasteiger partial charge in [-0.1, -0.05) is 140 Å². The molecule has 0 spiro atoms. The monoisotopic (exact) mass is 716 g/mol. The van der Waals surface area contributed by atoms with Gasteiger partial charge in [0.15, 0.2) is 5.82 Å². The maximum Gasteiger partial charge on any atom is 0.160 e. The molecule has 0 saturated carbocycles. The number of aryl methyl sites for hydroxylation is 2. The van der Waals surface area contributed by atoms with Crippen molar-refractivity contribution in [1.82, 2.24) is 19.9 Å². The highest BCUT2D eigenvalue weighted by atomic mass is 14.9. The lowest BCUT2D eigenvalue weighted by Gasteiger charge is -2.15. The molecule has 2 heterocycles. The van der Waals surface area contributed by atoms with Crippen LogP contribution in [0, 0.1) is 13.8 Å². The van der Waals surface area contributed by atoms with Gasteiger partial charge < -0.3 is 0 Å². The number of aromatic nitrogens is 4. The van der Waals surface area contributed by atoms with Crippen molar-refractivity contribution in [3.8, 4) is 67.4 Å².